The smallest absolute Gasteiger partial charge is 0.344 e. The summed E-state index contributed by atoms with van der Waals surface area (Å²) in [5.41, 5.74) is 3.52. The molecule has 0 N–H and O–H groups in total. The first-order chi connectivity index (χ1) is 10.5. The lowest BCUT2D eigenvalue weighted by molar-refractivity contribution is -0.147. The number of carbonyl (C=O) groups is 1. The van der Waals surface area contributed by atoms with Gasteiger partial charge < -0.3 is 9.47 Å². The number of rotatable bonds is 6. The van der Waals surface area contributed by atoms with Gasteiger partial charge in [-0.1, -0.05) is 55.8 Å². The van der Waals surface area contributed by atoms with Crippen LogP contribution in [0.15, 0.2) is 48.5 Å². The topological polar surface area (TPSA) is 35.5 Å². The molecule has 0 aliphatic carbocycles. The van der Waals surface area contributed by atoms with Gasteiger partial charge in [0.2, 0.25) is 0 Å². The van der Waals surface area contributed by atoms with Crippen molar-refractivity contribution in [3.05, 3.63) is 54.1 Å². The molecule has 3 heteroatoms. The fourth-order valence-electron chi connectivity index (χ4n) is 1.93. The normalized spacial score (nSPS) is 10.5. The van der Waals surface area contributed by atoms with Crippen LogP contribution in [-0.4, -0.2) is 19.2 Å². The summed E-state index contributed by atoms with van der Waals surface area (Å²) < 4.78 is 10.5. The third-order valence-corrected chi connectivity index (χ3v) is 3.17. The molecule has 0 spiro atoms. The van der Waals surface area contributed by atoms with Gasteiger partial charge in [-0.25, -0.2) is 4.79 Å². The van der Waals surface area contributed by atoms with Crippen molar-refractivity contribution in [1.82, 2.24) is 0 Å². The first-order valence-corrected chi connectivity index (χ1v) is 7.50. The van der Waals surface area contributed by atoms with Gasteiger partial charge in [0.1, 0.15) is 5.75 Å². The second-order valence-corrected chi connectivity index (χ2v) is 5.76. The fourth-order valence-corrected chi connectivity index (χ4v) is 1.93. The summed E-state index contributed by atoms with van der Waals surface area (Å²) >= 11 is 0. The van der Waals surface area contributed by atoms with Gasteiger partial charge in [-0.15, -0.1) is 0 Å². The summed E-state index contributed by atoms with van der Waals surface area (Å²) in [5, 5.41) is 0. The molecule has 0 unspecified atom stereocenters. The first-order valence-electron chi connectivity index (χ1n) is 7.50. The fraction of sp³-hybridized carbons (Fsp3) is 0.316. The van der Waals surface area contributed by atoms with Crippen LogP contribution < -0.4 is 4.74 Å². The highest BCUT2D eigenvalue weighted by Gasteiger charge is 2.06. The van der Waals surface area contributed by atoms with Crippen molar-refractivity contribution < 1.29 is 14.3 Å². The minimum Gasteiger partial charge on any atom is -0.482 e. The minimum atomic E-state index is -0.337. The molecule has 0 saturated carbocycles. The van der Waals surface area contributed by atoms with Crippen molar-refractivity contribution in [2.75, 3.05) is 13.2 Å². The van der Waals surface area contributed by atoms with Gasteiger partial charge in [-0.05, 0) is 36.1 Å². The number of carbonyl (C=O) groups excluding carboxylic acids is 1. The highest BCUT2D eigenvalue weighted by molar-refractivity contribution is 5.71. The molecule has 0 aliphatic rings. The van der Waals surface area contributed by atoms with Crippen LogP contribution in [0.25, 0.3) is 11.1 Å². The molecule has 22 heavy (non-hydrogen) atoms. The third-order valence-electron chi connectivity index (χ3n) is 3.17. The average Bonchev–Trinajstić information content (AvgIpc) is 2.52. The zero-order chi connectivity index (χ0) is 15.9. The van der Waals surface area contributed by atoms with Gasteiger partial charge in [0.15, 0.2) is 6.61 Å². The Labute approximate surface area is 131 Å². The molecular formula is C19H22O3. The van der Waals surface area contributed by atoms with Crippen LogP contribution in [0.3, 0.4) is 0 Å². The van der Waals surface area contributed by atoms with E-state index < -0.39 is 0 Å². The Morgan fingerprint density at radius 3 is 2.05 bits per heavy atom. The number of esters is 1. The number of aryl methyl sites for hydroxylation is 1. The Balaban J connectivity index is 1.89. The second-order valence-electron chi connectivity index (χ2n) is 5.76. The molecule has 0 atom stereocenters. The summed E-state index contributed by atoms with van der Waals surface area (Å²) in [6.07, 6.45) is 0. The van der Waals surface area contributed by atoms with Crippen molar-refractivity contribution in [1.29, 1.82) is 0 Å². The Kier molecular flexibility index (Phi) is 5.59. The van der Waals surface area contributed by atoms with Crippen molar-refractivity contribution >= 4 is 5.97 Å². The molecule has 0 bridgehead atoms. The van der Waals surface area contributed by atoms with Crippen LogP contribution in [0.4, 0.5) is 0 Å². The van der Waals surface area contributed by atoms with Gasteiger partial charge in [0.25, 0.3) is 0 Å². The molecule has 0 amide bonds. The summed E-state index contributed by atoms with van der Waals surface area (Å²) in [4.78, 5) is 11.5. The van der Waals surface area contributed by atoms with E-state index in [-0.39, 0.29) is 12.6 Å². The van der Waals surface area contributed by atoms with Crippen molar-refractivity contribution in [3.8, 4) is 16.9 Å². The Bertz CT molecular complexity index is 598. The van der Waals surface area contributed by atoms with Crippen LogP contribution in [-0.2, 0) is 9.53 Å². The Hall–Kier alpha value is -2.29. The number of hydrogen-bond donors (Lipinski definition) is 0. The lowest BCUT2D eigenvalue weighted by Gasteiger charge is -2.09. The van der Waals surface area contributed by atoms with E-state index >= 15 is 0 Å². The van der Waals surface area contributed by atoms with Gasteiger partial charge in [0.05, 0.1) is 6.61 Å². The summed E-state index contributed by atoms with van der Waals surface area (Å²) in [6, 6.07) is 16.1. The third kappa shape index (κ3) is 4.92. The predicted molar refractivity (Wildman–Crippen MR) is 87.9 cm³/mol. The van der Waals surface area contributed by atoms with Crippen LogP contribution in [0, 0.1) is 12.8 Å². The molecule has 116 valence electrons. The molecular weight excluding hydrogens is 276 g/mol. The van der Waals surface area contributed by atoms with Gasteiger partial charge >= 0.3 is 5.97 Å². The molecule has 2 aromatic carbocycles. The highest BCUT2D eigenvalue weighted by atomic mass is 16.6. The van der Waals surface area contributed by atoms with E-state index in [2.05, 4.69) is 31.2 Å². The molecule has 2 rings (SSSR count). The van der Waals surface area contributed by atoms with Crippen LogP contribution in [0.5, 0.6) is 5.75 Å². The van der Waals surface area contributed by atoms with E-state index in [1.54, 1.807) is 0 Å². The number of hydrogen-bond acceptors (Lipinski definition) is 3. The number of ether oxygens (including phenoxy) is 2. The van der Waals surface area contributed by atoms with Gasteiger partial charge in [-0.2, -0.15) is 0 Å². The Morgan fingerprint density at radius 2 is 1.50 bits per heavy atom. The maximum atomic E-state index is 11.5. The zero-order valence-electron chi connectivity index (χ0n) is 13.3. The largest absolute Gasteiger partial charge is 0.482 e. The SMILES string of the molecule is Cc1ccc(-c2ccc(OCC(=O)OCC(C)C)cc2)cc1. The maximum absolute atomic E-state index is 11.5. The quantitative estimate of drug-likeness (QED) is 0.748. The molecule has 2 aromatic rings. The lowest BCUT2D eigenvalue weighted by Crippen LogP contribution is -2.17. The van der Waals surface area contributed by atoms with Crippen LogP contribution in [0.2, 0.25) is 0 Å². The standard InChI is InChI=1S/C19H22O3/c1-14(2)12-22-19(20)13-21-18-10-8-17(9-11-18)16-6-4-15(3)5-7-16/h4-11,14H,12-13H2,1-3H3. The van der Waals surface area contributed by atoms with E-state index in [0.29, 0.717) is 18.3 Å². The van der Waals surface area contributed by atoms with E-state index in [9.17, 15) is 4.79 Å². The minimum absolute atomic E-state index is 0.0589. The van der Waals surface area contributed by atoms with Crippen molar-refractivity contribution in [3.63, 3.8) is 0 Å². The number of benzene rings is 2. The molecule has 0 saturated heterocycles. The van der Waals surface area contributed by atoms with E-state index in [1.165, 1.54) is 5.56 Å². The van der Waals surface area contributed by atoms with Crippen molar-refractivity contribution in [2.45, 2.75) is 20.8 Å². The van der Waals surface area contributed by atoms with Crippen molar-refractivity contribution in [2.24, 2.45) is 5.92 Å². The summed E-state index contributed by atoms with van der Waals surface area (Å²) in [6.45, 7) is 6.43. The molecule has 3 nitrogen and oxygen atoms in total. The van der Waals surface area contributed by atoms with Gasteiger partial charge in [0, 0.05) is 0 Å². The van der Waals surface area contributed by atoms with E-state index in [1.807, 2.05) is 38.1 Å². The second kappa shape index (κ2) is 7.64. The average molecular weight is 298 g/mol. The maximum Gasteiger partial charge on any atom is 0.344 e. The highest BCUT2D eigenvalue weighted by Crippen LogP contribution is 2.22. The van der Waals surface area contributed by atoms with Gasteiger partial charge in [-0.3, -0.25) is 0 Å². The predicted octanol–water partition coefficient (Wildman–Crippen LogP) is 4.24. The zero-order valence-corrected chi connectivity index (χ0v) is 13.3. The molecule has 0 heterocycles. The molecule has 0 aromatic heterocycles. The molecule has 0 radical (unpaired) electrons. The first kappa shape index (κ1) is 16.1. The summed E-state index contributed by atoms with van der Waals surface area (Å²) in [7, 11) is 0. The van der Waals surface area contributed by atoms with E-state index in [0.717, 1.165) is 11.1 Å². The molecule has 0 aliphatic heterocycles. The van der Waals surface area contributed by atoms with E-state index in [4.69, 9.17) is 9.47 Å². The monoisotopic (exact) mass is 298 g/mol. The Morgan fingerprint density at radius 1 is 0.955 bits per heavy atom. The van der Waals surface area contributed by atoms with Crippen LogP contribution in [0.1, 0.15) is 19.4 Å². The molecule has 0 fully saturated rings. The summed E-state index contributed by atoms with van der Waals surface area (Å²) in [5.74, 6) is 0.659. The van der Waals surface area contributed by atoms with Crippen LogP contribution >= 0.6 is 0 Å². The lowest BCUT2D eigenvalue weighted by atomic mass is 10.0.